The number of imide groups is 1. The van der Waals surface area contributed by atoms with Gasteiger partial charge < -0.3 is 23.7 Å². The first-order chi connectivity index (χ1) is 22.1. The van der Waals surface area contributed by atoms with Crippen LogP contribution in [0.2, 0.25) is 0 Å². The van der Waals surface area contributed by atoms with Crippen LogP contribution < -0.4 is 0 Å². The van der Waals surface area contributed by atoms with Crippen molar-refractivity contribution in [3.63, 3.8) is 0 Å². The molecule has 0 bridgehead atoms. The van der Waals surface area contributed by atoms with E-state index < -0.39 is 59.2 Å². The molecular formula is C35H44N2O10. The fraction of sp³-hybridized carbons (Fsp3) is 0.457. The van der Waals surface area contributed by atoms with Crippen LogP contribution in [-0.2, 0) is 46.5 Å². The number of hydrogen-bond donors (Lipinski definition) is 0. The average molecular weight is 653 g/mol. The van der Waals surface area contributed by atoms with Gasteiger partial charge in [-0.25, -0.2) is 24.0 Å². The van der Waals surface area contributed by atoms with Crippen molar-refractivity contribution in [3.05, 3.63) is 83.6 Å². The van der Waals surface area contributed by atoms with Gasteiger partial charge in [-0.1, -0.05) is 66.7 Å². The van der Waals surface area contributed by atoms with Crippen LogP contribution in [0.25, 0.3) is 0 Å². The SMILES string of the molecule is COC(=O)/C(=C\C[C@@H]1CC[C@@H](C(=O)OC(C)(C)C)N1C(=O)OCc1ccccc1)N(C(=O)OCc1ccccc1)C(=O)OC(C)(C)C. The van der Waals surface area contributed by atoms with Gasteiger partial charge in [0.2, 0.25) is 0 Å². The molecule has 1 aliphatic heterocycles. The average Bonchev–Trinajstić information content (AvgIpc) is 3.44. The molecule has 0 spiro atoms. The normalized spacial score (nSPS) is 16.6. The molecule has 47 heavy (non-hydrogen) atoms. The monoisotopic (exact) mass is 652 g/mol. The van der Waals surface area contributed by atoms with Gasteiger partial charge in [-0.15, -0.1) is 0 Å². The first-order valence-electron chi connectivity index (χ1n) is 15.3. The zero-order valence-corrected chi connectivity index (χ0v) is 28.0. The number of nitrogens with zero attached hydrogens (tertiary/aromatic N) is 2. The summed E-state index contributed by atoms with van der Waals surface area (Å²) in [5, 5.41) is 0. The standard InChI is InChI=1S/C35H44N2O10/c1-34(2,3)46-30(39)28-21-19-26(36(28)31(40)44-22-24-14-10-8-11-15-24)18-20-27(29(38)43-7)37(33(42)47-35(4,5)6)32(41)45-23-25-16-12-9-13-17-25/h8-17,20,26,28H,18-19,21-23H2,1-7H3/b27-20+/t26-,28+/m1/s1. The highest BCUT2D eigenvalue weighted by molar-refractivity contribution is 6.01. The van der Waals surface area contributed by atoms with E-state index in [2.05, 4.69) is 0 Å². The van der Waals surface area contributed by atoms with Gasteiger partial charge in [0.15, 0.2) is 0 Å². The summed E-state index contributed by atoms with van der Waals surface area (Å²) in [7, 11) is 1.10. The molecule has 0 unspecified atom stereocenters. The Morgan fingerprint density at radius 2 is 1.30 bits per heavy atom. The molecule has 2 aromatic rings. The molecule has 3 rings (SSSR count). The van der Waals surface area contributed by atoms with E-state index in [1.165, 1.54) is 11.0 Å². The second-order valence-electron chi connectivity index (χ2n) is 12.9. The molecule has 1 aliphatic rings. The third kappa shape index (κ3) is 11.2. The Morgan fingerprint density at radius 3 is 1.81 bits per heavy atom. The van der Waals surface area contributed by atoms with Gasteiger partial charge in [-0.3, -0.25) is 4.90 Å². The van der Waals surface area contributed by atoms with E-state index in [4.69, 9.17) is 23.7 Å². The Morgan fingerprint density at radius 1 is 0.766 bits per heavy atom. The Hall–Kier alpha value is -4.87. The summed E-state index contributed by atoms with van der Waals surface area (Å²) in [6.45, 7) is 9.77. The van der Waals surface area contributed by atoms with Crippen LogP contribution in [0.5, 0.6) is 0 Å². The molecular weight excluding hydrogens is 608 g/mol. The van der Waals surface area contributed by atoms with Crippen LogP contribution in [0.1, 0.15) is 71.9 Å². The topological polar surface area (TPSA) is 138 Å². The lowest BCUT2D eigenvalue weighted by Crippen LogP contribution is -2.47. The fourth-order valence-electron chi connectivity index (χ4n) is 4.77. The lowest BCUT2D eigenvalue weighted by atomic mass is 10.1. The van der Waals surface area contributed by atoms with Crippen molar-refractivity contribution in [2.45, 2.75) is 97.3 Å². The quantitative estimate of drug-likeness (QED) is 0.167. The lowest BCUT2D eigenvalue weighted by molar-refractivity contribution is -0.160. The van der Waals surface area contributed by atoms with E-state index in [9.17, 15) is 24.0 Å². The Kier molecular flexibility index (Phi) is 12.5. The summed E-state index contributed by atoms with van der Waals surface area (Å²) in [6.07, 6.45) is -1.27. The van der Waals surface area contributed by atoms with Gasteiger partial charge in [0.25, 0.3) is 0 Å². The molecule has 12 heteroatoms. The number of ether oxygens (including phenoxy) is 5. The number of amides is 3. The van der Waals surface area contributed by atoms with Gasteiger partial charge in [0.1, 0.15) is 36.2 Å². The molecule has 0 saturated carbocycles. The van der Waals surface area contributed by atoms with E-state index in [1.807, 2.05) is 18.2 Å². The van der Waals surface area contributed by atoms with E-state index in [0.717, 1.165) is 12.7 Å². The van der Waals surface area contributed by atoms with Gasteiger partial charge in [-0.05, 0) is 71.9 Å². The largest absolute Gasteiger partial charge is 0.464 e. The van der Waals surface area contributed by atoms with E-state index >= 15 is 0 Å². The Bertz CT molecular complexity index is 1430. The van der Waals surface area contributed by atoms with Crippen molar-refractivity contribution in [1.82, 2.24) is 9.80 Å². The van der Waals surface area contributed by atoms with Crippen LogP contribution in [0.3, 0.4) is 0 Å². The summed E-state index contributed by atoms with van der Waals surface area (Å²) in [4.78, 5) is 68.3. The number of hydrogen-bond acceptors (Lipinski definition) is 10. The minimum absolute atomic E-state index is 0.0349. The van der Waals surface area contributed by atoms with Crippen molar-refractivity contribution >= 4 is 30.2 Å². The first-order valence-corrected chi connectivity index (χ1v) is 15.3. The van der Waals surface area contributed by atoms with Crippen LogP contribution >= 0.6 is 0 Å². The highest BCUT2D eigenvalue weighted by atomic mass is 16.6. The molecule has 0 radical (unpaired) electrons. The number of esters is 2. The predicted molar refractivity (Wildman–Crippen MR) is 171 cm³/mol. The van der Waals surface area contributed by atoms with Crippen LogP contribution in [0.4, 0.5) is 14.4 Å². The smallest absolute Gasteiger partial charge is 0.424 e. The van der Waals surface area contributed by atoms with Crippen LogP contribution in [0, 0.1) is 0 Å². The van der Waals surface area contributed by atoms with Crippen molar-refractivity contribution in [2.75, 3.05) is 7.11 Å². The number of benzene rings is 2. The molecule has 0 aliphatic carbocycles. The van der Waals surface area contributed by atoms with Gasteiger partial charge >= 0.3 is 30.2 Å². The number of likely N-dealkylation sites (tertiary alicyclic amines) is 1. The molecule has 1 saturated heterocycles. The number of rotatable bonds is 9. The molecule has 1 fully saturated rings. The Balaban J connectivity index is 1.94. The highest BCUT2D eigenvalue weighted by Gasteiger charge is 2.44. The summed E-state index contributed by atoms with van der Waals surface area (Å²) in [5.74, 6) is -1.62. The summed E-state index contributed by atoms with van der Waals surface area (Å²) in [6, 6.07) is 16.2. The molecule has 0 aromatic heterocycles. The molecule has 12 nitrogen and oxygen atoms in total. The van der Waals surface area contributed by atoms with Crippen molar-refractivity contribution < 1.29 is 47.7 Å². The third-order valence-electron chi connectivity index (χ3n) is 6.78. The fourth-order valence-corrected chi connectivity index (χ4v) is 4.77. The highest BCUT2D eigenvalue weighted by Crippen LogP contribution is 2.31. The molecule has 2 atom stereocenters. The predicted octanol–water partition coefficient (Wildman–Crippen LogP) is 6.52. The van der Waals surface area contributed by atoms with Gasteiger partial charge in [0, 0.05) is 6.04 Å². The number of carbonyl (C=O) groups excluding carboxylic acids is 5. The molecule has 1 heterocycles. The molecule has 254 valence electrons. The van der Waals surface area contributed by atoms with Gasteiger partial charge in [0.05, 0.1) is 7.11 Å². The van der Waals surface area contributed by atoms with E-state index in [-0.39, 0.29) is 26.1 Å². The zero-order valence-electron chi connectivity index (χ0n) is 28.0. The van der Waals surface area contributed by atoms with E-state index in [1.54, 1.807) is 84.0 Å². The number of methoxy groups -OCH3 is 1. The molecule has 3 amide bonds. The maximum atomic E-state index is 13.5. The first kappa shape index (κ1) is 36.6. The second-order valence-corrected chi connectivity index (χ2v) is 12.9. The van der Waals surface area contributed by atoms with Gasteiger partial charge in [-0.2, -0.15) is 4.90 Å². The van der Waals surface area contributed by atoms with Crippen LogP contribution in [-0.4, -0.2) is 70.4 Å². The molecule has 2 aromatic carbocycles. The van der Waals surface area contributed by atoms with Crippen LogP contribution in [0.15, 0.2) is 72.4 Å². The van der Waals surface area contributed by atoms with Crippen molar-refractivity contribution in [2.24, 2.45) is 0 Å². The van der Waals surface area contributed by atoms with E-state index in [0.29, 0.717) is 16.9 Å². The minimum atomic E-state index is -1.17. The lowest BCUT2D eigenvalue weighted by Gasteiger charge is -2.30. The Labute approximate surface area is 275 Å². The maximum absolute atomic E-state index is 13.5. The second kappa shape index (κ2) is 16.1. The third-order valence-corrected chi connectivity index (χ3v) is 6.78. The number of carbonyl (C=O) groups is 5. The minimum Gasteiger partial charge on any atom is -0.464 e. The molecule has 0 N–H and O–H groups in total. The summed E-state index contributed by atoms with van der Waals surface area (Å²) >= 11 is 0. The maximum Gasteiger partial charge on any atom is 0.424 e. The van der Waals surface area contributed by atoms with Crippen molar-refractivity contribution in [1.29, 1.82) is 0 Å². The van der Waals surface area contributed by atoms with Crippen molar-refractivity contribution in [3.8, 4) is 0 Å². The zero-order chi connectivity index (χ0) is 34.8. The summed E-state index contributed by atoms with van der Waals surface area (Å²) in [5.41, 5.74) is -0.904. The summed E-state index contributed by atoms with van der Waals surface area (Å²) < 4.78 is 27.0.